The minimum absolute atomic E-state index is 0.0616. The first kappa shape index (κ1) is 24.0. The molecule has 0 atom stereocenters. The maximum Gasteiger partial charge on any atom is 0.416 e. The zero-order valence-corrected chi connectivity index (χ0v) is 19.2. The van der Waals surface area contributed by atoms with Gasteiger partial charge in [-0.3, -0.25) is 4.79 Å². The number of β-amino-alcohol motifs (C(OH)–C–C–N with tert-alkyl or cyclic N) is 1. The van der Waals surface area contributed by atoms with Crippen LogP contribution in [0.5, 0.6) is 0 Å². The zero-order valence-electron chi connectivity index (χ0n) is 18.4. The summed E-state index contributed by atoms with van der Waals surface area (Å²) in [4.78, 5) is 23.4. The number of amides is 1. The van der Waals surface area contributed by atoms with Crippen LogP contribution in [0.2, 0.25) is 5.02 Å². The molecule has 1 aliphatic rings. The molecule has 4 heterocycles. The van der Waals surface area contributed by atoms with Crippen LogP contribution >= 0.6 is 11.6 Å². The highest BCUT2D eigenvalue weighted by molar-refractivity contribution is 6.30. The van der Waals surface area contributed by atoms with Crippen molar-refractivity contribution in [3.8, 4) is 0 Å². The van der Waals surface area contributed by atoms with Gasteiger partial charge in [0.1, 0.15) is 23.0 Å². The first-order valence-corrected chi connectivity index (χ1v) is 11.2. The van der Waals surface area contributed by atoms with Crippen LogP contribution in [0.3, 0.4) is 0 Å². The van der Waals surface area contributed by atoms with Crippen molar-refractivity contribution in [2.75, 3.05) is 23.3 Å². The van der Waals surface area contributed by atoms with E-state index in [4.69, 9.17) is 11.6 Å². The molecule has 0 bridgehead atoms. The van der Waals surface area contributed by atoms with Crippen molar-refractivity contribution in [3.05, 3.63) is 82.5 Å². The number of fused-ring (bicyclic) bond motifs is 1. The Morgan fingerprint density at radius 1 is 1.11 bits per heavy atom. The summed E-state index contributed by atoms with van der Waals surface area (Å²) in [6, 6.07) is 9.06. The van der Waals surface area contributed by atoms with Gasteiger partial charge in [-0.1, -0.05) is 11.6 Å². The summed E-state index contributed by atoms with van der Waals surface area (Å²) in [6.07, 6.45) is -2.57. The van der Waals surface area contributed by atoms with E-state index < -0.39 is 29.6 Å². The molecule has 1 saturated heterocycles. The number of nitrogens with zero attached hydrogens (tertiary/aromatic N) is 4. The van der Waals surface area contributed by atoms with Gasteiger partial charge in [-0.2, -0.15) is 13.2 Å². The van der Waals surface area contributed by atoms with Gasteiger partial charge in [-0.25, -0.2) is 14.4 Å². The third-order valence-corrected chi connectivity index (χ3v) is 5.97. The van der Waals surface area contributed by atoms with Gasteiger partial charge in [-0.05, 0) is 48.0 Å². The molecule has 0 radical (unpaired) electrons. The fourth-order valence-electron chi connectivity index (χ4n) is 4.04. The summed E-state index contributed by atoms with van der Waals surface area (Å²) in [5, 5.41) is 12.3. The van der Waals surface area contributed by atoms with Gasteiger partial charge < -0.3 is 19.9 Å². The largest absolute Gasteiger partial charge is 0.416 e. The van der Waals surface area contributed by atoms with E-state index in [0.717, 1.165) is 18.3 Å². The molecule has 0 saturated carbocycles. The number of hydrogen-bond acceptors (Lipinski definition) is 5. The van der Waals surface area contributed by atoms with E-state index in [-0.39, 0.29) is 28.5 Å². The molecule has 3 aromatic heterocycles. The van der Waals surface area contributed by atoms with Crippen LogP contribution in [-0.4, -0.2) is 44.7 Å². The fraction of sp³-hybridized carbons (Fsp3) is 0.208. The Hall–Kier alpha value is -3.70. The average Bonchev–Trinajstić information content (AvgIpc) is 3.14. The lowest BCUT2D eigenvalue weighted by molar-refractivity contribution is -0.137. The number of alkyl halides is 3. The van der Waals surface area contributed by atoms with Gasteiger partial charge in [0.2, 0.25) is 0 Å². The summed E-state index contributed by atoms with van der Waals surface area (Å²) < 4.78 is 55.1. The van der Waals surface area contributed by atoms with Gasteiger partial charge >= 0.3 is 6.18 Å². The van der Waals surface area contributed by atoms with Crippen molar-refractivity contribution < 1.29 is 27.5 Å². The SMILES string of the molecule is O=C(Nc1ccc(N2CC(O)C2)nc1)c1cc2cc(F)cnc2n1Cc1cc(Cl)cc(C(F)(F)F)c1. The van der Waals surface area contributed by atoms with Crippen LogP contribution in [-0.2, 0) is 12.7 Å². The van der Waals surface area contributed by atoms with Crippen molar-refractivity contribution in [1.82, 2.24) is 14.5 Å². The molecule has 5 rings (SSSR count). The van der Waals surface area contributed by atoms with E-state index in [0.29, 0.717) is 30.0 Å². The molecule has 12 heteroatoms. The van der Waals surface area contributed by atoms with Gasteiger partial charge in [0.05, 0.1) is 29.7 Å². The number of benzene rings is 1. The van der Waals surface area contributed by atoms with Crippen LogP contribution in [0.4, 0.5) is 29.1 Å². The van der Waals surface area contributed by atoms with Gasteiger partial charge in [0, 0.05) is 30.0 Å². The number of rotatable bonds is 5. The highest BCUT2D eigenvalue weighted by Crippen LogP contribution is 2.33. The molecule has 4 aromatic rings. The van der Waals surface area contributed by atoms with Crippen molar-refractivity contribution >= 4 is 40.0 Å². The number of pyridine rings is 2. The Morgan fingerprint density at radius 2 is 1.89 bits per heavy atom. The summed E-state index contributed by atoms with van der Waals surface area (Å²) >= 11 is 5.92. The summed E-state index contributed by atoms with van der Waals surface area (Å²) in [7, 11) is 0. The van der Waals surface area contributed by atoms with Gasteiger partial charge in [-0.15, -0.1) is 0 Å². The second kappa shape index (κ2) is 9.07. The summed E-state index contributed by atoms with van der Waals surface area (Å²) in [5.41, 5.74) is -0.0723. The number of aromatic nitrogens is 3. The predicted molar refractivity (Wildman–Crippen MR) is 126 cm³/mol. The minimum atomic E-state index is -4.60. The van der Waals surface area contributed by atoms with E-state index in [1.165, 1.54) is 29.0 Å². The number of aliphatic hydroxyl groups excluding tert-OH is 1. The van der Waals surface area contributed by atoms with Gasteiger partial charge in [0.25, 0.3) is 5.91 Å². The first-order chi connectivity index (χ1) is 17.1. The number of hydrogen-bond donors (Lipinski definition) is 2. The second-order valence-electron chi connectivity index (χ2n) is 8.45. The average molecular weight is 520 g/mol. The Kier molecular flexibility index (Phi) is 6.05. The lowest BCUT2D eigenvalue weighted by atomic mass is 10.1. The van der Waals surface area contributed by atoms with Crippen LogP contribution in [0.1, 0.15) is 21.6 Å². The first-order valence-electron chi connectivity index (χ1n) is 10.8. The maximum absolute atomic E-state index is 13.8. The van der Waals surface area contributed by atoms with Crippen LogP contribution in [0.25, 0.3) is 11.0 Å². The number of carbonyl (C=O) groups excluding carboxylic acids is 1. The van der Waals surface area contributed by atoms with Crippen LogP contribution in [0, 0.1) is 5.82 Å². The molecule has 7 nitrogen and oxygen atoms in total. The van der Waals surface area contributed by atoms with Crippen LogP contribution < -0.4 is 10.2 Å². The molecule has 0 unspecified atom stereocenters. The molecule has 186 valence electrons. The molecule has 1 amide bonds. The number of nitrogens with one attached hydrogen (secondary N) is 1. The third kappa shape index (κ3) is 4.84. The lowest BCUT2D eigenvalue weighted by Gasteiger charge is -2.36. The Morgan fingerprint density at radius 3 is 2.56 bits per heavy atom. The fourth-order valence-corrected chi connectivity index (χ4v) is 4.30. The quantitative estimate of drug-likeness (QED) is 0.373. The maximum atomic E-state index is 13.8. The summed E-state index contributed by atoms with van der Waals surface area (Å²) in [5.74, 6) is -0.557. The highest BCUT2D eigenvalue weighted by atomic mass is 35.5. The monoisotopic (exact) mass is 519 g/mol. The Bertz CT molecular complexity index is 1450. The van der Waals surface area contributed by atoms with Gasteiger partial charge in [0.15, 0.2) is 0 Å². The van der Waals surface area contributed by atoms with E-state index in [1.807, 2.05) is 4.90 Å². The van der Waals surface area contributed by atoms with Crippen LogP contribution in [0.15, 0.2) is 54.9 Å². The third-order valence-electron chi connectivity index (χ3n) is 5.75. The van der Waals surface area contributed by atoms with Crippen molar-refractivity contribution in [3.63, 3.8) is 0 Å². The van der Waals surface area contributed by atoms with Crippen molar-refractivity contribution in [2.45, 2.75) is 18.8 Å². The topological polar surface area (TPSA) is 83.3 Å². The van der Waals surface area contributed by atoms with E-state index in [2.05, 4.69) is 15.3 Å². The predicted octanol–water partition coefficient (Wildman–Crippen LogP) is 4.72. The van der Waals surface area contributed by atoms with E-state index in [9.17, 15) is 27.5 Å². The molecule has 0 aliphatic carbocycles. The lowest BCUT2D eigenvalue weighted by Crippen LogP contribution is -2.51. The summed E-state index contributed by atoms with van der Waals surface area (Å²) in [6.45, 7) is 0.785. The molecule has 1 aromatic carbocycles. The van der Waals surface area contributed by atoms with E-state index in [1.54, 1.807) is 12.1 Å². The van der Waals surface area contributed by atoms with E-state index >= 15 is 0 Å². The Balaban J connectivity index is 1.46. The molecular weight excluding hydrogens is 502 g/mol. The second-order valence-corrected chi connectivity index (χ2v) is 8.88. The normalized spacial score (nSPS) is 14.2. The smallest absolute Gasteiger partial charge is 0.389 e. The molecule has 1 fully saturated rings. The molecule has 2 N–H and O–H groups in total. The molecule has 36 heavy (non-hydrogen) atoms. The standard InChI is InChI=1S/C24H18ClF4N5O2/c25-16-4-13(3-15(7-16)24(27,28)29)10-34-20(6-14-5-17(26)8-31-22(14)34)23(36)32-18-1-2-21(30-9-18)33-11-19(35)12-33/h1-9,19,35H,10-12H2,(H,32,36). The molecular formula is C24H18ClF4N5O2. The zero-order chi connectivity index (χ0) is 25.6. The minimum Gasteiger partial charge on any atom is -0.389 e. The number of anilines is 2. The van der Waals surface area contributed by atoms with Crippen molar-refractivity contribution in [1.29, 1.82) is 0 Å². The Labute approximate surface area is 207 Å². The number of carbonyl (C=O) groups is 1. The number of halogens is 5. The molecule has 1 aliphatic heterocycles. The number of aliphatic hydroxyl groups is 1. The highest BCUT2D eigenvalue weighted by Gasteiger charge is 2.31. The van der Waals surface area contributed by atoms with Crippen molar-refractivity contribution in [2.24, 2.45) is 0 Å². The molecule has 0 spiro atoms.